The van der Waals surface area contributed by atoms with Crippen molar-refractivity contribution in [2.45, 2.75) is 33.6 Å². The van der Waals surface area contributed by atoms with Gasteiger partial charge in [0.15, 0.2) is 0 Å². The van der Waals surface area contributed by atoms with Crippen LogP contribution in [0.5, 0.6) is 0 Å². The summed E-state index contributed by atoms with van der Waals surface area (Å²) in [7, 11) is 1.65. The summed E-state index contributed by atoms with van der Waals surface area (Å²) in [4.78, 5) is 13.8. The summed E-state index contributed by atoms with van der Waals surface area (Å²) in [6, 6.07) is 0. The van der Waals surface area contributed by atoms with Gasteiger partial charge in [-0.15, -0.1) is 0 Å². The van der Waals surface area contributed by atoms with E-state index in [2.05, 4.69) is 20.8 Å². The molecule has 0 heterocycles. The van der Waals surface area contributed by atoms with Crippen LogP contribution in [0.15, 0.2) is 0 Å². The van der Waals surface area contributed by atoms with Gasteiger partial charge in [-0.2, -0.15) is 0 Å². The van der Waals surface area contributed by atoms with Crippen molar-refractivity contribution in [3.05, 3.63) is 0 Å². The molecule has 0 atom stereocenters. The normalized spacial score (nSPS) is 11.6. The van der Waals surface area contributed by atoms with Gasteiger partial charge >= 0.3 is 0 Å². The Morgan fingerprint density at radius 1 is 1.31 bits per heavy atom. The zero-order valence-corrected chi connectivity index (χ0v) is 11.1. The Morgan fingerprint density at radius 2 is 1.94 bits per heavy atom. The first-order valence-corrected chi connectivity index (χ1v) is 5.87. The van der Waals surface area contributed by atoms with Crippen molar-refractivity contribution in [3.63, 3.8) is 0 Å². The summed E-state index contributed by atoms with van der Waals surface area (Å²) in [6.45, 7) is 8.81. The number of methoxy groups -OCH3 is 1. The van der Waals surface area contributed by atoms with E-state index in [-0.39, 0.29) is 11.3 Å². The second-order valence-corrected chi connectivity index (χ2v) is 5.25. The van der Waals surface area contributed by atoms with Gasteiger partial charge in [-0.1, -0.05) is 20.8 Å². The first kappa shape index (κ1) is 15.4. The number of nitrogens with two attached hydrogens (primary N) is 1. The van der Waals surface area contributed by atoms with Crippen molar-refractivity contribution in [3.8, 4) is 0 Å². The van der Waals surface area contributed by atoms with Crippen LogP contribution >= 0.6 is 0 Å². The van der Waals surface area contributed by atoms with Crippen LogP contribution in [0.1, 0.15) is 33.6 Å². The van der Waals surface area contributed by atoms with Crippen LogP contribution in [-0.4, -0.2) is 44.2 Å². The van der Waals surface area contributed by atoms with E-state index >= 15 is 0 Å². The minimum absolute atomic E-state index is 0.0329. The van der Waals surface area contributed by atoms with Gasteiger partial charge in [0.2, 0.25) is 5.91 Å². The number of hydrogen-bond donors (Lipinski definition) is 1. The Labute approximate surface area is 99.1 Å². The summed E-state index contributed by atoms with van der Waals surface area (Å²) < 4.78 is 5.01. The fourth-order valence-corrected chi connectivity index (χ4v) is 1.41. The Balaban J connectivity index is 4.19. The third-order valence-corrected chi connectivity index (χ3v) is 2.23. The number of carbonyl (C=O) groups excluding carboxylic acids is 1. The lowest BCUT2D eigenvalue weighted by atomic mass is 9.91. The highest BCUT2D eigenvalue weighted by Crippen LogP contribution is 2.19. The first-order chi connectivity index (χ1) is 7.40. The Morgan fingerprint density at radius 3 is 2.38 bits per heavy atom. The molecule has 16 heavy (non-hydrogen) atoms. The van der Waals surface area contributed by atoms with Crippen molar-refractivity contribution in [1.82, 2.24) is 4.90 Å². The molecular weight excluding hydrogens is 204 g/mol. The largest absolute Gasteiger partial charge is 0.383 e. The molecule has 0 spiro atoms. The molecule has 4 heteroatoms. The van der Waals surface area contributed by atoms with E-state index < -0.39 is 0 Å². The molecule has 0 saturated heterocycles. The second-order valence-electron chi connectivity index (χ2n) is 5.25. The van der Waals surface area contributed by atoms with Crippen LogP contribution in [-0.2, 0) is 9.53 Å². The number of rotatable bonds is 7. The number of hydrogen-bond acceptors (Lipinski definition) is 3. The molecule has 0 aromatic heterocycles. The standard InChI is InChI=1S/C12H26N2O2/c1-12(2,3)10-11(15)14(7-5-6-13)8-9-16-4/h5-10,13H2,1-4H3. The maximum atomic E-state index is 12.0. The predicted molar refractivity (Wildman–Crippen MR) is 66.2 cm³/mol. The molecule has 4 nitrogen and oxygen atoms in total. The summed E-state index contributed by atoms with van der Waals surface area (Å²) in [5.74, 6) is 0.193. The average Bonchev–Trinajstić information content (AvgIpc) is 2.15. The van der Waals surface area contributed by atoms with Crippen LogP contribution in [0, 0.1) is 5.41 Å². The maximum absolute atomic E-state index is 12.0. The smallest absolute Gasteiger partial charge is 0.223 e. The van der Waals surface area contributed by atoms with Gasteiger partial charge in [0, 0.05) is 26.6 Å². The topological polar surface area (TPSA) is 55.6 Å². The molecule has 0 aliphatic heterocycles. The van der Waals surface area contributed by atoms with Crippen LogP contribution in [0.2, 0.25) is 0 Å². The van der Waals surface area contributed by atoms with E-state index in [4.69, 9.17) is 10.5 Å². The first-order valence-electron chi connectivity index (χ1n) is 5.87. The van der Waals surface area contributed by atoms with Gasteiger partial charge in [-0.25, -0.2) is 0 Å². The Kier molecular flexibility index (Phi) is 7.34. The molecule has 0 unspecified atom stereocenters. The molecule has 1 amide bonds. The Bertz CT molecular complexity index is 192. The molecule has 96 valence electrons. The van der Waals surface area contributed by atoms with Gasteiger partial charge < -0.3 is 15.4 Å². The molecule has 0 radical (unpaired) electrons. The Hall–Kier alpha value is -0.610. The van der Waals surface area contributed by atoms with E-state index in [1.54, 1.807) is 7.11 Å². The molecule has 0 bridgehead atoms. The minimum Gasteiger partial charge on any atom is -0.383 e. The van der Waals surface area contributed by atoms with E-state index in [0.717, 1.165) is 13.0 Å². The van der Waals surface area contributed by atoms with E-state index in [9.17, 15) is 4.79 Å². The van der Waals surface area contributed by atoms with Gasteiger partial charge in [0.05, 0.1) is 6.61 Å². The molecular formula is C12H26N2O2. The highest BCUT2D eigenvalue weighted by molar-refractivity contribution is 5.76. The lowest BCUT2D eigenvalue weighted by molar-refractivity contribution is -0.133. The fraction of sp³-hybridized carbons (Fsp3) is 0.917. The summed E-state index contributed by atoms with van der Waals surface area (Å²) in [6.07, 6.45) is 1.42. The maximum Gasteiger partial charge on any atom is 0.223 e. The van der Waals surface area contributed by atoms with Crippen molar-refractivity contribution in [2.24, 2.45) is 11.1 Å². The van der Waals surface area contributed by atoms with Crippen molar-refractivity contribution >= 4 is 5.91 Å². The number of amides is 1. The van der Waals surface area contributed by atoms with Crippen LogP contribution in [0.3, 0.4) is 0 Å². The van der Waals surface area contributed by atoms with Gasteiger partial charge in [-0.3, -0.25) is 4.79 Å². The monoisotopic (exact) mass is 230 g/mol. The molecule has 0 saturated carbocycles. The molecule has 0 aliphatic carbocycles. The molecule has 0 fully saturated rings. The van der Waals surface area contributed by atoms with E-state index in [1.165, 1.54) is 0 Å². The lowest BCUT2D eigenvalue weighted by Crippen LogP contribution is -2.37. The summed E-state index contributed by atoms with van der Waals surface area (Å²) in [5.41, 5.74) is 5.50. The summed E-state index contributed by atoms with van der Waals surface area (Å²) in [5, 5.41) is 0. The van der Waals surface area contributed by atoms with Gasteiger partial charge in [0.1, 0.15) is 0 Å². The fourth-order valence-electron chi connectivity index (χ4n) is 1.41. The number of carbonyl (C=O) groups is 1. The highest BCUT2D eigenvalue weighted by Gasteiger charge is 2.20. The SMILES string of the molecule is COCCN(CCCN)C(=O)CC(C)(C)C. The highest BCUT2D eigenvalue weighted by atomic mass is 16.5. The number of nitrogens with zero attached hydrogens (tertiary/aromatic N) is 1. The molecule has 0 aromatic carbocycles. The van der Waals surface area contributed by atoms with Crippen molar-refractivity contribution in [1.29, 1.82) is 0 Å². The van der Waals surface area contributed by atoms with E-state index in [1.807, 2.05) is 4.90 Å². The molecule has 0 aliphatic rings. The van der Waals surface area contributed by atoms with Crippen LogP contribution in [0.25, 0.3) is 0 Å². The zero-order valence-electron chi connectivity index (χ0n) is 11.1. The van der Waals surface area contributed by atoms with Crippen LogP contribution in [0.4, 0.5) is 0 Å². The zero-order chi connectivity index (χ0) is 12.6. The third kappa shape index (κ3) is 7.65. The van der Waals surface area contributed by atoms with Crippen molar-refractivity contribution < 1.29 is 9.53 Å². The molecule has 0 aromatic rings. The second kappa shape index (κ2) is 7.63. The van der Waals surface area contributed by atoms with Gasteiger partial charge in [-0.05, 0) is 18.4 Å². The van der Waals surface area contributed by atoms with Crippen molar-refractivity contribution in [2.75, 3.05) is 33.4 Å². The average molecular weight is 230 g/mol. The van der Waals surface area contributed by atoms with E-state index in [0.29, 0.717) is 26.1 Å². The lowest BCUT2D eigenvalue weighted by Gasteiger charge is -2.26. The molecule has 2 N–H and O–H groups in total. The summed E-state index contributed by atoms with van der Waals surface area (Å²) >= 11 is 0. The van der Waals surface area contributed by atoms with Crippen LogP contribution < -0.4 is 5.73 Å². The molecule has 0 rings (SSSR count). The van der Waals surface area contributed by atoms with Gasteiger partial charge in [0.25, 0.3) is 0 Å². The number of ether oxygens (including phenoxy) is 1. The third-order valence-electron chi connectivity index (χ3n) is 2.23. The quantitative estimate of drug-likeness (QED) is 0.716. The predicted octanol–water partition coefficient (Wildman–Crippen LogP) is 1.25. The minimum atomic E-state index is 0.0329.